The molecular formula is C49H37N7. The van der Waals surface area contributed by atoms with Gasteiger partial charge >= 0.3 is 0 Å². The summed E-state index contributed by atoms with van der Waals surface area (Å²) in [6.45, 7) is 0. The Hall–Kier alpha value is -7.22. The van der Waals surface area contributed by atoms with Gasteiger partial charge in [-0.3, -0.25) is 5.32 Å². The normalized spacial score (nSPS) is 18.2. The molecular weight excluding hydrogens is 687 g/mol. The van der Waals surface area contributed by atoms with E-state index in [4.69, 9.17) is 9.98 Å². The van der Waals surface area contributed by atoms with E-state index in [1.54, 1.807) is 0 Å². The molecule has 2 aromatic heterocycles. The standard InChI is InChI=1S/C49H37N7/c1-4-14-32(15-5-1)46-52-47(33-16-6-2-7-17-33)54-49(53-46)48-50-29-28-45(51-48)56-42-23-13-11-21-38(42)40-31-35(25-27-44(40)56)34-24-26-43-39(30-34)37-20-10-12-22-41(37)55(43)36-18-8-3-9-19-36/h1-31,45-46,48,50-51H,(H,52,53,54). The zero-order chi connectivity index (χ0) is 37.0. The van der Waals surface area contributed by atoms with E-state index in [9.17, 15) is 0 Å². The number of aromatic nitrogens is 2. The van der Waals surface area contributed by atoms with Crippen molar-refractivity contribution in [1.29, 1.82) is 0 Å². The highest BCUT2D eigenvalue weighted by molar-refractivity contribution is 6.13. The number of benzene rings is 7. The van der Waals surface area contributed by atoms with Crippen molar-refractivity contribution in [2.75, 3.05) is 0 Å². The molecule has 0 amide bonds. The van der Waals surface area contributed by atoms with Crippen LogP contribution in [-0.2, 0) is 0 Å². The summed E-state index contributed by atoms with van der Waals surface area (Å²) in [4.78, 5) is 10.2. The van der Waals surface area contributed by atoms with Gasteiger partial charge in [0, 0.05) is 32.8 Å². The number of rotatable bonds is 6. The maximum atomic E-state index is 5.14. The van der Waals surface area contributed by atoms with Crippen molar-refractivity contribution in [3.05, 3.63) is 199 Å². The Kier molecular flexibility index (Phi) is 7.64. The second-order valence-electron chi connectivity index (χ2n) is 14.4. The van der Waals surface area contributed by atoms with Crippen molar-refractivity contribution < 1.29 is 0 Å². The predicted molar refractivity (Wildman–Crippen MR) is 230 cm³/mol. The summed E-state index contributed by atoms with van der Waals surface area (Å²) < 4.78 is 4.77. The Morgan fingerprint density at radius 2 is 1.05 bits per heavy atom. The highest BCUT2D eigenvalue weighted by Crippen LogP contribution is 2.38. The largest absolute Gasteiger partial charge is 0.370 e. The molecule has 11 rings (SSSR count). The van der Waals surface area contributed by atoms with Crippen LogP contribution in [0.1, 0.15) is 23.5 Å². The van der Waals surface area contributed by atoms with Gasteiger partial charge in [0.15, 0.2) is 6.17 Å². The third-order valence-corrected chi connectivity index (χ3v) is 11.1. The summed E-state index contributed by atoms with van der Waals surface area (Å²) in [6.07, 6.45) is 3.42. The van der Waals surface area contributed by atoms with Gasteiger partial charge in [-0.1, -0.05) is 127 Å². The van der Waals surface area contributed by atoms with Crippen molar-refractivity contribution in [3.63, 3.8) is 0 Å². The van der Waals surface area contributed by atoms with Crippen LogP contribution in [0.15, 0.2) is 198 Å². The molecule has 7 nitrogen and oxygen atoms in total. The zero-order valence-electron chi connectivity index (χ0n) is 30.4. The number of hydrogen-bond donors (Lipinski definition) is 3. The van der Waals surface area contributed by atoms with E-state index in [0.29, 0.717) is 0 Å². The molecule has 0 radical (unpaired) electrons. The van der Waals surface area contributed by atoms with Crippen molar-refractivity contribution in [1.82, 2.24) is 25.1 Å². The lowest BCUT2D eigenvalue weighted by Crippen LogP contribution is -2.57. The van der Waals surface area contributed by atoms with E-state index in [1.165, 1.54) is 43.7 Å². The zero-order valence-corrected chi connectivity index (χ0v) is 30.4. The van der Waals surface area contributed by atoms with Crippen molar-refractivity contribution >= 4 is 55.3 Å². The minimum atomic E-state index is -0.364. The molecule has 0 saturated heterocycles. The number of para-hydroxylation sites is 3. The van der Waals surface area contributed by atoms with Crippen LogP contribution in [-0.4, -0.2) is 27.0 Å². The lowest BCUT2D eigenvalue weighted by atomic mass is 10.0. The summed E-state index contributed by atoms with van der Waals surface area (Å²) in [5.74, 6) is 1.58. The van der Waals surface area contributed by atoms with Gasteiger partial charge < -0.3 is 19.8 Å². The SMILES string of the molecule is C1=CC(n2c3ccccc3c3cc(-c4ccc5c(c4)c4ccccc4n5-c4ccccc4)ccc32)NC(C2=NC(c3ccccc3)N=C(c3ccccc3)N2)N1. The molecule has 3 atom stereocenters. The molecule has 0 saturated carbocycles. The summed E-state index contributed by atoms with van der Waals surface area (Å²) in [7, 11) is 0. The first-order chi connectivity index (χ1) is 27.8. The molecule has 7 aromatic carbocycles. The Balaban J connectivity index is 0.972. The van der Waals surface area contributed by atoms with Crippen molar-refractivity contribution in [2.45, 2.75) is 18.5 Å². The van der Waals surface area contributed by atoms with Crippen LogP contribution in [0.5, 0.6) is 0 Å². The molecule has 268 valence electrons. The van der Waals surface area contributed by atoms with Gasteiger partial charge in [0.1, 0.15) is 24.0 Å². The van der Waals surface area contributed by atoms with E-state index in [2.05, 4.69) is 171 Å². The van der Waals surface area contributed by atoms with Crippen LogP contribution in [0.4, 0.5) is 0 Å². The van der Waals surface area contributed by atoms with Crippen LogP contribution < -0.4 is 16.0 Å². The lowest BCUT2D eigenvalue weighted by molar-refractivity contribution is 0.423. The first kappa shape index (κ1) is 32.2. The van der Waals surface area contributed by atoms with Crippen LogP contribution in [0, 0.1) is 0 Å². The van der Waals surface area contributed by atoms with E-state index in [-0.39, 0.29) is 18.5 Å². The van der Waals surface area contributed by atoms with Gasteiger partial charge in [-0.25, -0.2) is 9.98 Å². The smallest absolute Gasteiger partial charge is 0.169 e. The average Bonchev–Trinajstić information content (AvgIpc) is 3.79. The summed E-state index contributed by atoms with van der Waals surface area (Å²) in [5, 5.41) is 15.9. The first-order valence-electron chi connectivity index (χ1n) is 19.1. The Bertz CT molecular complexity index is 3010. The molecule has 4 heterocycles. The van der Waals surface area contributed by atoms with E-state index < -0.39 is 0 Å². The van der Waals surface area contributed by atoms with Crippen LogP contribution in [0.25, 0.3) is 60.4 Å². The quantitative estimate of drug-likeness (QED) is 0.160. The maximum absolute atomic E-state index is 5.14. The van der Waals surface area contributed by atoms with Gasteiger partial charge in [0.05, 0.1) is 22.1 Å². The molecule has 3 N–H and O–H groups in total. The Labute approximate surface area is 324 Å². The number of fused-ring (bicyclic) bond motifs is 6. The number of hydrogen-bond acceptors (Lipinski definition) is 5. The highest BCUT2D eigenvalue weighted by atomic mass is 15.3. The summed E-state index contributed by atoms with van der Waals surface area (Å²) >= 11 is 0. The van der Waals surface area contributed by atoms with Crippen molar-refractivity contribution in [3.8, 4) is 16.8 Å². The third kappa shape index (κ3) is 5.40. The predicted octanol–water partition coefficient (Wildman–Crippen LogP) is 10.2. The fourth-order valence-corrected chi connectivity index (χ4v) is 8.46. The second kappa shape index (κ2) is 13.3. The van der Waals surface area contributed by atoms with Gasteiger partial charge in [-0.05, 0) is 77.5 Å². The molecule has 0 spiro atoms. The minimum Gasteiger partial charge on any atom is -0.370 e. The van der Waals surface area contributed by atoms with E-state index in [1.807, 2.05) is 42.6 Å². The molecule has 2 aliphatic rings. The van der Waals surface area contributed by atoms with Crippen molar-refractivity contribution in [2.24, 2.45) is 9.98 Å². The maximum Gasteiger partial charge on any atom is 0.169 e. The second-order valence-corrected chi connectivity index (χ2v) is 14.4. The minimum absolute atomic E-state index is 0.145. The van der Waals surface area contributed by atoms with Crippen LogP contribution in [0.2, 0.25) is 0 Å². The number of aliphatic imine (C=N–C) groups is 2. The molecule has 7 heteroatoms. The monoisotopic (exact) mass is 723 g/mol. The Morgan fingerprint density at radius 3 is 1.80 bits per heavy atom. The molecule has 0 fully saturated rings. The van der Waals surface area contributed by atoms with E-state index in [0.717, 1.165) is 39.5 Å². The molecule has 0 bridgehead atoms. The van der Waals surface area contributed by atoms with Gasteiger partial charge in [0.25, 0.3) is 0 Å². The molecule has 56 heavy (non-hydrogen) atoms. The van der Waals surface area contributed by atoms with Crippen LogP contribution >= 0.6 is 0 Å². The molecule has 2 aliphatic heterocycles. The molecule has 0 aliphatic carbocycles. The van der Waals surface area contributed by atoms with Gasteiger partial charge in [-0.15, -0.1) is 0 Å². The first-order valence-corrected chi connectivity index (χ1v) is 19.1. The number of nitrogens with one attached hydrogen (secondary N) is 3. The summed E-state index contributed by atoms with van der Waals surface area (Å²) in [6, 6.07) is 62.3. The summed E-state index contributed by atoms with van der Waals surface area (Å²) in [5.41, 5.74) is 10.3. The molecule has 9 aromatic rings. The molecule has 3 unspecified atom stereocenters. The number of amidine groups is 2. The fraction of sp³-hybridized carbons (Fsp3) is 0.0612. The van der Waals surface area contributed by atoms with E-state index >= 15 is 0 Å². The van der Waals surface area contributed by atoms with Gasteiger partial charge in [-0.2, -0.15) is 0 Å². The number of nitrogens with zero attached hydrogens (tertiary/aromatic N) is 4. The highest BCUT2D eigenvalue weighted by Gasteiger charge is 2.29. The van der Waals surface area contributed by atoms with Crippen LogP contribution in [0.3, 0.4) is 0 Å². The Morgan fingerprint density at radius 1 is 0.482 bits per heavy atom. The topological polar surface area (TPSA) is 70.7 Å². The van der Waals surface area contributed by atoms with Gasteiger partial charge in [0.2, 0.25) is 0 Å². The third-order valence-electron chi connectivity index (χ3n) is 11.1. The average molecular weight is 724 g/mol. The lowest BCUT2D eigenvalue weighted by Gasteiger charge is -2.33. The fourth-order valence-electron chi connectivity index (χ4n) is 8.46.